The highest BCUT2D eigenvalue weighted by molar-refractivity contribution is 6.22. The second-order valence-electron chi connectivity index (χ2n) is 7.81. The number of hydrogen-bond donors (Lipinski definition) is 0. The Morgan fingerprint density at radius 1 is 0.889 bits per heavy atom. The molecule has 5 rings (SSSR count). The average Bonchev–Trinajstić information content (AvgIpc) is 3.34. The highest BCUT2D eigenvalue weighted by atomic mass is 16.5. The van der Waals surface area contributed by atoms with E-state index in [-0.39, 0.29) is 35.5 Å². The second-order valence-corrected chi connectivity index (χ2v) is 7.81. The first kappa shape index (κ1) is 16.3. The number of anilines is 1. The van der Waals surface area contributed by atoms with E-state index in [1.807, 2.05) is 31.2 Å². The fourth-order valence-corrected chi connectivity index (χ4v) is 4.78. The van der Waals surface area contributed by atoms with Gasteiger partial charge in [0.05, 0.1) is 17.5 Å². The summed E-state index contributed by atoms with van der Waals surface area (Å²) in [7, 11) is 0. The molecule has 0 aromatic heterocycles. The van der Waals surface area contributed by atoms with Gasteiger partial charge in [-0.2, -0.15) is 0 Å². The maximum Gasteiger partial charge on any atom is 0.238 e. The fraction of sp³-hybridized carbons (Fsp3) is 0.304. The lowest BCUT2D eigenvalue weighted by molar-refractivity contribution is -0.123. The van der Waals surface area contributed by atoms with Crippen molar-refractivity contribution in [3.63, 3.8) is 0 Å². The maximum atomic E-state index is 12.9. The third kappa shape index (κ3) is 2.36. The Morgan fingerprint density at radius 3 is 2.15 bits per heavy atom. The Morgan fingerprint density at radius 2 is 1.52 bits per heavy atom. The van der Waals surface area contributed by atoms with Gasteiger partial charge >= 0.3 is 0 Å². The molecule has 4 nitrogen and oxygen atoms in total. The van der Waals surface area contributed by atoms with Crippen LogP contribution in [-0.4, -0.2) is 11.8 Å². The maximum absolute atomic E-state index is 12.9. The summed E-state index contributed by atoms with van der Waals surface area (Å²) in [6.07, 6.45) is 5.17. The Labute approximate surface area is 158 Å². The number of allylic oxidation sites excluding steroid dienone is 2. The summed E-state index contributed by atoms with van der Waals surface area (Å²) in [6, 6.07) is 13.2. The van der Waals surface area contributed by atoms with Crippen LogP contribution in [0.5, 0.6) is 11.5 Å². The standard InChI is InChI=1S/C23H21NO3/c1-13-4-3-5-19(14(13)2)27-18-10-8-17(9-11-18)24-22(25)20-15-6-7-16(12-15)21(20)23(24)26/h3-11,15-16,20-21H,12H2,1-2H3/t15-,16-,20+,21+/m1/s1. The number of rotatable bonds is 3. The van der Waals surface area contributed by atoms with E-state index < -0.39 is 0 Å². The summed E-state index contributed by atoms with van der Waals surface area (Å²) < 4.78 is 5.98. The van der Waals surface area contributed by atoms with Crippen LogP contribution in [0.4, 0.5) is 5.69 Å². The van der Waals surface area contributed by atoms with Gasteiger partial charge in [-0.25, -0.2) is 0 Å². The summed E-state index contributed by atoms with van der Waals surface area (Å²) in [6.45, 7) is 4.08. The molecule has 1 heterocycles. The van der Waals surface area contributed by atoms with Crippen LogP contribution in [0, 0.1) is 37.5 Å². The summed E-state index contributed by atoms with van der Waals surface area (Å²) in [4.78, 5) is 27.1. The third-order valence-corrected chi connectivity index (χ3v) is 6.35. The van der Waals surface area contributed by atoms with Crippen molar-refractivity contribution in [2.45, 2.75) is 20.3 Å². The van der Waals surface area contributed by atoms with Crippen LogP contribution < -0.4 is 9.64 Å². The van der Waals surface area contributed by atoms with E-state index >= 15 is 0 Å². The minimum Gasteiger partial charge on any atom is -0.457 e. The summed E-state index contributed by atoms with van der Waals surface area (Å²) in [5, 5.41) is 0. The van der Waals surface area contributed by atoms with Gasteiger partial charge in [0.2, 0.25) is 11.8 Å². The minimum absolute atomic E-state index is 0.0509. The summed E-state index contributed by atoms with van der Waals surface area (Å²) in [5.41, 5.74) is 2.90. The molecule has 2 bridgehead atoms. The van der Waals surface area contributed by atoms with Crippen molar-refractivity contribution in [2.24, 2.45) is 23.7 Å². The van der Waals surface area contributed by atoms with Crippen molar-refractivity contribution >= 4 is 17.5 Å². The Kier molecular flexibility index (Phi) is 3.51. The predicted octanol–water partition coefficient (Wildman–Crippen LogP) is 4.41. The molecule has 3 aliphatic rings. The highest BCUT2D eigenvalue weighted by Crippen LogP contribution is 2.53. The molecule has 2 aromatic rings. The molecular weight excluding hydrogens is 338 g/mol. The van der Waals surface area contributed by atoms with E-state index in [1.165, 1.54) is 10.5 Å². The lowest BCUT2D eigenvalue weighted by atomic mass is 9.85. The quantitative estimate of drug-likeness (QED) is 0.602. The second kappa shape index (κ2) is 5.81. The molecular formula is C23H21NO3. The molecule has 0 unspecified atom stereocenters. The molecule has 4 heteroatoms. The summed E-state index contributed by atoms with van der Waals surface area (Å²) >= 11 is 0. The van der Waals surface area contributed by atoms with Crippen molar-refractivity contribution in [1.82, 2.24) is 0 Å². The largest absolute Gasteiger partial charge is 0.457 e. The van der Waals surface area contributed by atoms with Crippen molar-refractivity contribution in [1.29, 1.82) is 0 Å². The molecule has 0 N–H and O–H groups in total. The van der Waals surface area contributed by atoms with Gasteiger partial charge in [-0.15, -0.1) is 0 Å². The van der Waals surface area contributed by atoms with Crippen molar-refractivity contribution in [3.05, 3.63) is 65.7 Å². The van der Waals surface area contributed by atoms with Crippen LogP contribution in [0.15, 0.2) is 54.6 Å². The average molecular weight is 359 g/mol. The zero-order valence-electron chi connectivity index (χ0n) is 15.4. The van der Waals surface area contributed by atoms with Gasteiger partial charge in [0.25, 0.3) is 0 Å². The zero-order chi connectivity index (χ0) is 18.7. The van der Waals surface area contributed by atoms with E-state index in [0.717, 1.165) is 17.7 Å². The van der Waals surface area contributed by atoms with E-state index in [2.05, 4.69) is 25.1 Å². The Balaban J connectivity index is 1.39. The fourth-order valence-electron chi connectivity index (χ4n) is 4.78. The molecule has 136 valence electrons. The van der Waals surface area contributed by atoms with Crippen LogP contribution in [0.1, 0.15) is 17.5 Å². The lowest BCUT2D eigenvalue weighted by Gasteiger charge is -2.18. The molecule has 2 aliphatic carbocycles. The smallest absolute Gasteiger partial charge is 0.238 e. The van der Waals surface area contributed by atoms with Crippen molar-refractivity contribution in [2.75, 3.05) is 4.90 Å². The van der Waals surface area contributed by atoms with Gasteiger partial charge in [-0.1, -0.05) is 24.3 Å². The number of carbonyl (C=O) groups is 2. The van der Waals surface area contributed by atoms with E-state index in [0.29, 0.717) is 11.4 Å². The zero-order valence-corrected chi connectivity index (χ0v) is 15.4. The number of ether oxygens (including phenoxy) is 1. The number of hydrogen-bond acceptors (Lipinski definition) is 3. The number of nitrogens with zero attached hydrogens (tertiary/aromatic N) is 1. The van der Waals surface area contributed by atoms with Crippen LogP contribution >= 0.6 is 0 Å². The number of aryl methyl sites for hydroxylation is 1. The number of fused-ring (bicyclic) bond motifs is 5. The molecule has 0 spiro atoms. The molecule has 27 heavy (non-hydrogen) atoms. The van der Waals surface area contributed by atoms with E-state index in [4.69, 9.17) is 4.74 Å². The monoisotopic (exact) mass is 359 g/mol. The van der Waals surface area contributed by atoms with Gasteiger partial charge in [0.15, 0.2) is 0 Å². The van der Waals surface area contributed by atoms with Gasteiger partial charge < -0.3 is 4.74 Å². The molecule has 2 aromatic carbocycles. The normalized spacial score (nSPS) is 28.1. The minimum atomic E-state index is -0.168. The Bertz CT molecular complexity index is 946. The SMILES string of the molecule is Cc1cccc(Oc2ccc(N3C(=O)[C@@H]4[C@@H](C3=O)[C@@H]3C=C[C@@H]4C3)cc2)c1C. The first-order valence-corrected chi connectivity index (χ1v) is 9.45. The van der Waals surface area contributed by atoms with Crippen LogP contribution in [0.2, 0.25) is 0 Å². The molecule has 2 amide bonds. The Hall–Kier alpha value is -2.88. The van der Waals surface area contributed by atoms with Crippen molar-refractivity contribution in [3.8, 4) is 11.5 Å². The van der Waals surface area contributed by atoms with Crippen LogP contribution in [-0.2, 0) is 9.59 Å². The van der Waals surface area contributed by atoms with Gasteiger partial charge in [-0.05, 0) is 73.6 Å². The number of imide groups is 1. The first-order valence-electron chi connectivity index (χ1n) is 9.45. The predicted molar refractivity (Wildman–Crippen MR) is 103 cm³/mol. The number of benzene rings is 2. The van der Waals surface area contributed by atoms with Gasteiger partial charge in [-0.3, -0.25) is 14.5 Å². The van der Waals surface area contributed by atoms with Gasteiger partial charge in [0, 0.05) is 0 Å². The molecule has 1 saturated carbocycles. The molecule has 4 atom stereocenters. The van der Waals surface area contributed by atoms with Crippen LogP contribution in [0.3, 0.4) is 0 Å². The molecule has 2 fully saturated rings. The number of carbonyl (C=O) groups excluding carboxylic acids is 2. The van der Waals surface area contributed by atoms with Crippen LogP contribution in [0.25, 0.3) is 0 Å². The molecule has 1 saturated heterocycles. The molecule has 0 radical (unpaired) electrons. The topological polar surface area (TPSA) is 46.6 Å². The third-order valence-electron chi connectivity index (χ3n) is 6.35. The first-order chi connectivity index (χ1) is 13.0. The van der Waals surface area contributed by atoms with Crippen molar-refractivity contribution < 1.29 is 14.3 Å². The van der Waals surface area contributed by atoms with E-state index in [9.17, 15) is 9.59 Å². The molecule has 1 aliphatic heterocycles. The van der Waals surface area contributed by atoms with Gasteiger partial charge in [0.1, 0.15) is 11.5 Å². The highest BCUT2D eigenvalue weighted by Gasteiger charge is 2.59. The summed E-state index contributed by atoms with van der Waals surface area (Å²) in [5.74, 6) is 1.52. The van der Waals surface area contributed by atoms with E-state index in [1.54, 1.807) is 12.1 Å². The lowest BCUT2D eigenvalue weighted by Crippen LogP contribution is -2.32. The number of amides is 2.